The van der Waals surface area contributed by atoms with Gasteiger partial charge in [0, 0.05) is 6.54 Å². The maximum atomic E-state index is 12.0. The SMILES string of the molecule is O=C(O)c1ccc(CNS(=O)(=O)CC2CCCCC2)cc1. The van der Waals surface area contributed by atoms with Gasteiger partial charge in [-0.2, -0.15) is 0 Å². The summed E-state index contributed by atoms with van der Waals surface area (Å²) in [6.45, 7) is 0.203. The molecule has 1 aromatic carbocycles. The highest BCUT2D eigenvalue weighted by Gasteiger charge is 2.20. The van der Waals surface area contributed by atoms with Crippen LogP contribution in [0.3, 0.4) is 0 Å². The zero-order valence-electron chi connectivity index (χ0n) is 11.9. The number of carbonyl (C=O) groups is 1. The molecule has 1 fully saturated rings. The van der Waals surface area contributed by atoms with Crippen LogP contribution in [0.1, 0.15) is 48.0 Å². The van der Waals surface area contributed by atoms with Crippen LogP contribution in [0.4, 0.5) is 0 Å². The highest BCUT2D eigenvalue weighted by Crippen LogP contribution is 2.24. The lowest BCUT2D eigenvalue weighted by molar-refractivity contribution is 0.0697. The molecule has 6 heteroatoms. The van der Waals surface area contributed by atoms with Gasteiger partial charge >= 0.3 is 5.97 Å². The minimum atomic E-state index is -3.27. The predicted octanol–water partition coefficient (Wildman–Crippen LogP) is 2.38. The molecule has 1 aliphatic carbocycles. The number of carboxylic acid groups (broad SMARTS) is 1. The van der Waals surface area contributed by atoms with E-state index in [9.17, 15) is 13.2 Å². The molecule has 0 heterocycles. The lowest BCUT2D eigenvalue weighted by Crippen LogP contribution is -2.30. The summed E-state index contributed by atoms with van der Waals surface area (Å²) in [5.74, 6) is -0.523. The highest BCUT2D eigenvalue weighted by molar-refractivity contribution is 7.89. The Bertz CT molecular complexity index is 574. The first kappa shape index (κ1) is 16.0. The third-order valence-corrected chi connectivity index (χ3v) is 5.37. The van der Waals surface area contributed by atoms with Crippen molar-refractivity contribution in [2.75, 3.05) is 5.75 Å². The zero-order chi connectivity index (χ0) is 15.3. The fourth-order valence-corrected chi connectivity index (χ4v) is 4.14. The van der Waals surface area contributed by atoms with Crippen LogP contribution in [-0.2, 0) is 16.6 Å². The predicted molar refractivity (Wildman–Crippen MR) is 80.6 cm³/mol. The molecule has 1 saturated carbocycles. The smallest absolute Gasteiger partial charge is 0.335 e. The molecule has 0 saturated heterocycles. The number of hydrogen-bond donors (Lipinski definition) is 2. The summed E-state index contributed by atoms with van der Waals surface area (Å²) in [6, 6.07) is 6.22. The van der Waals surface area contributed by atoms with Crippen LogP contribution in [0, 0.1) is 5.92 Å². The first-order valence-electron chi connectivity index (χ1n) is 7.26. The van der Waals surface area contributed by atoms with Crippen molar-refractivity contribution in [3.63, 3.8) is 0 Å². The number of hydrogen-bond acceptors (Lipinski definition) is 3. The van der Waals surface area contributed by atoms with E-state index in [1.807, 2.05) is 0 Å². The van der Waals surface area contributed by atoms with Crippen LogP contribution in [0.5, 0.6) is 0 Å². The first-order chi connectivity index (χ1) is 9.96. The Morgan fingerprint density at radius 1 is 1.14 bits per heavy atom. The van der Waals surface area contributed by atoms with Gasteiger partial charge in [0.2, 0.25) is 10.0 Å². The Kier molecular flexibility index (Phi) is 5.36. The van der Waals surface area contributed by atoms with E-state index >= 15 is 0 Å². The van der Waals surface area contributed by atoms with Crippen LogP contribution >= 0.6 is 0 Å². The van der Waals surface area contributed by atoms with E-state index in [4.69, 9.17) is 5.11 Å². The molecule has 0 atom stereocenters. The molecule has 5 nitrogen and oxygen atoms in total. The van der Waals surface area contributed by atoms with Gasteiger partial charge in [0.25, 0.3) is 0 Å². The summed E-state index contributed by atoms with van der Waals surface area (Å²) >= 11 is 0. The van der Waals surface area contributed by atoms with Gasteiger partial charge < -0.3 is 5.11 Å². The molecule has 0 radical (unpaired) electrons. The number of aromatic carboxylic acids is 1. The molecular formula is C15H21NO4S. The molecule has 0 amide bonds. The minimum absolute atomic E-state index is 0.195. The molecule has 21 heavy (non-hydrogen) atoms. The van der Waals surface area contributed by atoms with Gasteiger partial charge in [-0.05, 0) is 36.5 Å². The number of nitrogens with one attached hydrogen (secondary N) is 1. The number of carboxylic acids is 1. The summed E-state index contributed by atoms with van der Waals surface area (Å²) in [5.41, 5.74) is 0.955. The number of rotatable bonds is 6. The van der Waals surface area contributed by atoms with Gasteiger partial charge in [-0.1, -0.05) is 31.4 Å². The van der Waals surface area contributed by atoms with Crippen LogP contribution in [0.2, 0.25) is 0 Å². The second-order valence-corrected chi connectivity index (χ2v) is 7.46. The maximum absolute atomic E-state index is 12.0. The maximum Gasteiger partial charge on any atom is 0.335 e. The molecule has 0 unspecified atom stereocenters. The topological polar surface area (TPSA) is 83.5 Å². The van der Waals surface area contributed by atoms with E-state index in [0.717, 1.165) is 31.2 Å². The Balaban J connectivity index is 1.87. The average Bonchev–Trinajstić information content (AvgIpc) is 2.46. The van der Waals surface area contributed by atoms with Crippen LogP contribution in [0.15, 0.2) is 24.3 Å². The summed E-state index contributed by atoms with van der Waals surface area (Å²) in [5, 5.41) is 8.81. The highest BCUT2D eigenvalue weighted by atomic mass is 32.2. The lowest BCUT2D eigenvalue weighted by atomic mass is 9.91. The van der Waals surface area contributed by atoms with E-state index in [2.05, 4.69) is 4.72 Å². The monoisotopic (exact) mass is 311 g/mol. The van der Waals surface area contributed by atoms with Crippen molar-refractivity contribution in [1.29, 1.82) is 0 Å². The first-order valence-corrected chi connectivity index (χ1v) is 8.91. The molecule has 2 N–H and O–H groups in total. The third-order valence-electron chi connectivity index (χ3n) is 3.88. The van der Waals surface area contributed by atoms with Crippen molar-refractivity contribution in [1.82, 2.24) is 4.72 Å². The van der Waals surface area contributed by atoms with Crippen molar-refractivity contribution < 1.29 is 18.3 Å². The number of sulfonamides is 1. The summed E-state index contributed by atoms with van der Waals surface area (Å²) in [4.78, 5) is 10.7. The molecule has 0 aliphatic heterocycles. The van der Waals surface area contributed by atoms with Gasteiger partial charge in [-0.25, -0.2) is 17.9 Å². The van der Waals surface area contributed by atoms with E-state index in [1.54, 1.807) is 12.1 Å². The Hall–Kier alpha value is -1.40. The minimum Gasteiger partial charge on any atom is -0.478 e. The van der Waals surface area contributed by atoms with E-state index in [1.165, 1.54) is 18.6 Å². The van der Waals surface area contributed by atoms with Crippen molar-refractivity contribution >= 4 is 16.0 Å². The molecule has 1 aromatic rings. The van der Waals surface area contributed by atoms with Crippen molar-refractivity contribution in [3.05, 3.63) is 35.4 Å². The standard InChI is InChI=1S/C15H21NO4S/c17-15(18)14-8-6-12(7-9-14)10-16-21(19,20)11-13-4-2-1-3-5-13/h6-9,13,16H,1-5,10-11H2,(H,17,18). The fourth-order valence-electron chi connectivity index (χ4n) is 2.68. The second kappa shape index (κ2) is 7.04. The Morgan fingerprint density at radius 2 is 1.76 bits per heavy atom. The molecule has 0 aromatic heterocycles. The van der Waals surface area contributed by atoms with Gasteiger partial charge in [0.05, 0.1) is 11.3 Å². The van der Waals surface area contributed by atoms with Gasteiger partial charge in [-0.3, -0.25) is 0 Å². The van der Waals surface area contributed by atoms with E-state index in [-0.39, 0.29) is 23.8 Å². The molecule has 0 spiro atoms. The Labute approximate surface area is 125 Å². The van der Waals surface area contributed by atoms with Gasteiger partial charge in [0.1, 0.15) is 0 Å². The Morgan fingerprint density at radius 3 is 2.33 bits per heavy atom. The zero-order valence-corrected chi connectivity index (χ0v) is 12.7. The molecule has 1 aliphatic rings. The van der Waals surface area contributed by atoms with Crippen LogP contribution in [0.25, 0.3) is 0 Å². The van der Waals surface area contributed by atoms with Crippen molar-refractivity contribution in [2.45, 2.75) is 38.6 Å². The lowest BCUT2D eigenvalue weighted by Gasteiger charge is -2.21. The van der Waals surface area contributed by atoms with E-state index in [0.29, 0.717) is 0 Å². The van der Waals surface area contributed by atoms with Crippen LogP contribution < -0.4 is 4.72 Å². The quantitative estimate of drug-likeness (QED) is 0.845. The molecular weight excluding hydrogens is 290 g/mol. The molecule has 0 bridgehead atoms. The van der Waals surface area contributed by atoms with Crippen molar-refractivity contribution in [2.24, 2.45) is 5.92 Å². The molecule has 116 valence electrons. The van der Waals surface area contributed by atoms with Gasteiger partial charge in [0.15, 0.2) is 0 Å². The molecule has 2 rings (SSSR count). The van der Waals surface area contributed by atoms with E-state index < -0.39 is 16.0 Å². The van der Waals surface area contributed by atoms with Gasteiger partial charge in [-0.15, -0.1) is 0 Å². The second-order valence-electron chi connectivity index (χ2n) is 5.61. The third kappa shape index (κ3) is 5.13. The summed E-state index contributed by atoms with van der Waals surface area (Å²) in [6.07, 6.45) is 5.44. The normalized spacial score (nSPS) is 16.8. The van der Waals surface area contributed by atoms with Crippen LogP contribution in [-0.4, -0.2) is 25.2 Å². The largest absolute Gasteiger partial charge is 0.478 e. The fraction of sp³-hybridized carbons (Fsp3) is 0.533. The van der Waals surface area contributed by atoms with Crippen molar-refractivity contribution in [3.8, 4) is 0 Å². The summed E-state index contributed by atoms with van der Waals surface area (Å²) < 4.78 is 26.7. The summed E-state index contributed by atoms with van der Waals surface area (Å²) in [7, 11) is -3.27. The average molecular weight is 311 g/mol. The number of benzene rings is 1.